The first-order chi connectivity index (χ1) is 17.5. The fraction of sp³-hybridized carbons (Fsp3) is 0.308. The summed E-state index contributed by atoms with van der Waals surface area (Å²) in [5.74, 6) is 1.16. The summed E-state index contributed by atoms with van der Waals surface area (Å²) in [6.45, 7) is 6.82. The molecule has 0 spiro atoms. The normalized spacial score (nSPS) is 18.0. The van der Waals surface area contributed by atoms with Crippen molar-refractivity contribution in [2.24, 2.45) is 0 Å². The van der Waals surface area contributed by atoms with E-state index in [-0.39, 0.29) is 11.5 Å². The Kier molecular flexibility index (Phi) is 7.08. The van der Waals surface area contributed by atoms with Crippen LogP contribution in [0.2, 0.25) is 0 Å². The smallest absolute Gasteiger partial charge is 0.267 e. The monoisotopic (exact) mass is 521 g/mol. The fourth-order valence-electron chi connectivity index (χ4n) is 4.42. The predicted octanol–water partition coefficient (Wildman–Crippen LogP) is 3.25. The Morgan fingerprint density at radius 1 is 1.08 bits per heavy atom. The molecule has 0 bridgehead atoms. The van der Waals surface area contributed by atoms with E-state index in [9.17, 15) is 9.59 Å². The quantitative estimate of drug-likeness (QED) is 0.362. The number of fused-ring (bicyclic) bond motifs is 1. The van der Waals surface area contributed by atoms with Crippen LogP contribution < -0.4 is 15.2 Å². The molecule has 0 saturated carbocycles. The number of hydrogen-bond donors (Lipinski definition) is 0. The van der Waals surface area contributed by atoms with Crippen molar-refractivity contribution >= 4 is 51.7 Å². The number of piperazine rings is 1. The topological polar surface area (TPSA) is 70.4 Å². The second-order valence-electron chi connectivity index (χ2n) is 8.62. The Bertz CT molecular complexity index is 1390. The van der Waals surface area contributed by atoms with Crippen LogP contribution in [0.4, 0.5) is 5.82 Å². The maximum Gasteiger partial charge on any atom is 0.267 e. The number of likely N-dealkylation sites (N-methyl/N-ethyl adjacent to an activating group) is 1. The highest BCUT2D eigenvalue weighted by Gasteiger charge is 2.33. The molecule has 0 radical (unpaired) electrons. The average Bonchev–Trinajstić information content (AvgIpc) is 3.18. The van der Waals surface area contributed by atoms with Crippen molar-refractivity contribution in [2.45, 2.75) is 13.5 Å². The van der Waals surface area contributed by atoms with Crippen LogP contribution >= 0.6 is 24.0 Å². The van der Waals surface area contributed by atoms with Crippen molar-refractivity contribution in [3.63, 3.8) is 0 Å². The lowest BCUT2D eigenvalue weighted by molar-refractivity contribution is -0.122. The largest absolute Gasteiger partial charge is 0.497 e. The number of thiocarbonyl (C=S) groups is 1. The van der Waals surface area contributed by atoms with Crippen molar-refractivity contribution in [1.29, 1.82) is 0 Å². The molecule has 36 heavy (non-hydrogen) atoms. The van der Waals surface area contributed by atoms with Crippen LogP contribution in [0.3, 0.4) is 0 Å². The minimum absolute atomic E-state index is 0.200. The molecule has 2 fully saturated rings. The van der Waals surface area contributed by atoms with E-state index < -0.39 is 0 Å². The van der Waals surface area contributed by atoms with Crippen molar-refractivity contribution < 1.29 is 9.53 Å². The number of nitrogens with zero attached hydrogens (tertiary/aromatic N) is 5. The van der Waals surface area contributed by atoms with Crippen LogP contribution in [-0.2, 0) is 11.3 Å². The number of carbonyl (C=O) groups excluding carboxylic acids is 1. The molecule has 2 aliphatic heterocycles. The van der Waals surface area contributed by atoms with Gasteiger partial charge in [0.05, 0.1) is 24.1 Å². The molecule has 0 N–H and O–H groups in total. The van der Waals surface area contributed by atoms with Gasteiger partial charge >= 0.3 is 0 Å². The number of ether oxygens (including phenoxy) is 1. The van der Waals surface area contributed by atoms with Gasteiger partial charge < -0.3 is 14.5 Å². The summed E-state index contributed by atoms with van der Waals surface area (Å²) in [5, 5.41) is 0. The lowest BCUT2D eigenvalue weighted by atomic mass is 10.2. The number of benzene rings is 1. The number of hydrogen-bond acceptors (Lipinski definition) is 8. The van der Waals surface area contributed by atoms with E-state index >= 15 is 0 Å². The van der Waals surface area contributed by atoms with Crippen LogP contribution in [0.1, 0.15) is 18.1 Å². The standard InChI is InChI=1S/C26H27N5O3S2/c1-3-28-12-14-29(15-13-28)23-20(24(32)30-11-5-4-6-22(30)27-23)16-21-25(33)31(26(35)36-21)17-18-7-9-19(34-2)10-8-18/h4-11,16H,3,12-15,17H2,1-2H3/b21-16+. The van der Waals surface area contributed by atoms with E-state index in [2.05, 4.69) is 16.7 Å². The summed E-state index contributed by atoms with van der Waals surface area (Å²) >= 11 is 6.76. The second kappa shape index (κ2) is 10.4. The Morgan fingerprint density at radius 2 is 1.83 bits per heavy atom. The number of pyridine rings is 1. The van der Waals surface area contributed by atoms with Gasteiger partial charge in [-0.25, -0.2) is 4.98 Å². The molecule has 1 amide bonds. The van der Waals surface area contributed by atoms with Crippen molar-refractivity contribution in [1.82, 2.24) is 19.2 Å². The molecule has 0 aliphatic carbocycles. The van der Waals surface area contributed by atoms with Gasteiger partial charge in [0.25, 0.3) is 11.5 Å². The summed E-state index contributed by atoms with van der Waals surface area (Å²) < 4.78 is 7.21. The zero-order valence-electron chi connectivity index (χ0n) is 20.2. The highest BCUT2D eigenvalue weighted by molar-refractivity contribution is 8.26. The SMILES string of the molecule is CCN1CCN(c2nc3ccccn3c(=O)c2/C=C2/SC(=S)N(Cc3ccc(OC)cc3)C2=O)CC1. The Balaban J connectivity index is 1.50. The van der Waals surface area contributed by atoms with Gasteiger partial charge in [-0.15, -0.1) is 0 Å². The molecule has 0 atom stereocenters. The van der Waals surface area contributed by atoms with Crippen molar-refractivity contribution in [3.8, 4) is 5.75 Å². The molecule has 1 aromatic carbocycles. The van der Waals surface area contributed by atoms with Crippen LogP contribution in [0.5, 0.6) is 5.75 Å². The van der Waals surface area contributed by atoms with Crippen molar-refractivity contribution in [2.75, 3.05) is 44.7 Å². The van der Waals surface area contributed by atoms with E-state index in [1.54, 1.807) is 30.3 Å². The number of carbonyl (C=O) groups is 1. The number of aromatic nitrogens is 2. The van der Waals surface area contributed by atoms with Gasteiger partial charge in [-0.05, 0) is 42.4 Å². The Morgan fingerprint density at radius 3 is 2.53 bits per heavy atom. The molecular weight excluding hydrogens is 494 g/mol. The number of thioether (sulfide) groups is 1. The van der Waals surface area contributed by atoms with Gasteiger partial charge in [-0.3, -0.25) is 18.9 Å². The lowest BCUT2D eigenvalue weighted by Gasteiger charge is -2.35. The van der Waals surface area contributed by atoms with Gasteiger partial charge in [0.2, 0.25) is 0 Å². The molecule has 2 aromatic heterocycles. The van der Waals surface area contributed by atoms with E-state index in [0.29, 0.717) is 32.8 Å². The molecule has 2 saturated heterocycles. The highest BCUT2D eigenvalue weighted by Crippen LogP contribution is 2.34. The van der Waals surface area contributed by atoms with Gasteiger partial charge in [0.1, 0.15) is 21.5 Å². The molecule has 186 valence electrons. The first-order valence-corrected chi connectivity index (χ1v) is 13.1. The summed E-state index contributed by atoms with van der Waals surface area (Å²) in [6.07, 6.45) is 3.37. The maximum atomic E-state index is 13.6. The molecule has 0 unspecified atom stereocenters. The maximum absolute atomic E-state index is 13.6. The molecule has 10 heteroatoms. The molecule has 4 heterocycles. The third kappa shape index (κ3) is 4.76. The van der Waals surface area contributed by atoms with E-state index in [1.165, 1.54) is 16.2 Å². The van der Waals surface area contributed by atoms with E-state index in [1.807, 2.05) is 36.4 Å². The molecule has 5 rings (SSSR count). The molecular formula is C26H27N5O3S2. The van der Waals surface area contributed by atoms with E-state index in [0.717, 1.165) is 44.0 Å². The van der Waals surface area contributed by atoms with Crippen LogP contribution in [-0.4, -0.2) is 69.2 Å². The number of anilines is 1. The summed E-state index contributed by atoms with van der Waals surface area (Å²) in [6, 6.07) is 13.0. The first kappa shape index (κ1) is 24.5. The minimum Gasteiger partial charge on any atom is -0.497 e. The van der Waals surface area contributed by atoms with E-state index in [4.69, 9.17) is 21.9 Å². The zero-order valence-corrected chi connectivity index (χ0v) is 21.8. The summed E-state index contributed by atoms with van der Waals surface area (Å²) in [4.78, 5) is 38.3. The van der Waals surface area contributed by atoms with Crippen LogP contribution in [0.15, 0.2) is 58.4 Å². The molecule has 3 aromatic rings. The number of amides is 1. The molecule has 2 aliphatic rings. The third-order valence-electron chi connectivity index (χ3n) is 6.52. The second-order valence-corrected chi connectivity index (χ2v) is 10.3. The first-order valence-electron chi connectivity index (χ1n) is 11.9. The fourth-order valence-corrected chi connectivity index (χ4v) is 5.65. The third-order valence-corrected chi connectivity index (χ3v) is 7.89. The van der Waals surface area contributed by atoms with Gasteiger partial charge in [-0.2, -0.15) is 0 Å². The zero-order chi connectivity index (χ0) is 25.2. The lowest BCUT2D eigenvalue weighted by Crippen LogP contribution is -2.47. The summed E-state index contributed by atoms with van der Waals surface area (Å²) in [5.41, 5.74) is 1.73. The highest BCUT2D eigenvalue weighted by atomic mass is 32.2. The Hall–Kier alpha value is -3.21. The minimum atomic E-state index is -0.208. The van der Waals surface area contributed by atoms with Crippen LogP contribution in [0, 0.1) is 0 Å². The van der Waals surface area contributed by atoms with Gasteiger partial charge in [0, 0.05) is 32.4 Å². The summed E-state index contributed by atoms with van der Waals surface area (Å²) in [7, 11) is 1.62. The molecule has 8 nitrogen and oxygen atoms in total. The Labute approximate surface area is 219 Å². The van der Waals surface area contributed by atoms with Gasteiger partial charge in [0.15, 0.2) is 0 Å². The predicted molar refractivity (Wildman–Crippen MR) is 147 cm³/mol. The number of methoxy groups -OCH3 is 1. The van der Waals surface area contributed by atoms with Crippen molar-refractivity contribution in [3.05, 3.63) is 75.0 Å². The average molecular weight is 522 g/mol. The number of rotatable bonds is 6. The van der Waals surface area contributed by atoms with Crippen LogP contribution in [0.25, 0.3) is 11.7 Å². The van der Waals surface area contributed by atoms with Gasteiger partial charge in [-0.1, -0.05) is 49.1 Å².